The Hall–Kier alpha value is -1.37. The molecule has 0 aliphatic heterocycles. The average molecular weight is 415 g/mol. The molecular formula is C17H22INO3. The Balaban J connectivity index is 0.000000541. The van der Waals surface area contributed by atoms with E-state index in [0.717, 1.165) is 20.6 Å². The molecule has 1 heterocycles. The molecule has 2 rings (SSSR count). The van der Waals surface area contributed by atoms with Gasteiger partial charge in [-0.2, -0.15) is 0 Å². The first-order valence-corrected chi connectivity index (χ1v) is 8.33. The molecule has 1 aromatic carbocycles. The van der Waals surface area contributed by atoms with E-state index >= 15 is 0 Å². The van der Waals surface area contributed by atoms with Crippen molar-refractivity contribution in [3.05, 3.63) is 40.2 Å². The molecule has 0 saturated heterocycles. The zero-order chi connectivity index (χ0) is 16.9. The molecule has 1 aromatic heterocycles. The lowest BCUT2D eigenvalue weighted by molar-refractivity contribution is -0.116. The van der Waals surface area contributed by atoms with E-state index in [4.69, 9.17) is 4.42 Å². The lowest BCUT2D eigenvalue weighted by Gasteiger charge is -2.13. The molecule has 0 atom stereocenters. The van der Waals surface area contributed by atoms with E-state index in [-0.39, 0.29) is 12.2 Å². The number of anilines is 1. The second kappa shape index (κ2) is 8.31. The summed E-state index contributed by atoms with van der Waals surface area (Å²) >= 11 is 2.34. The number of fused-ring (bicyclic) bond motifs is 1. The first kappa shape index (κ1) is 18.7. The van der Waals surface area contributed by atoms with Gasteiger partial charge < -0.3 is 9.32 Å². The number of halogens is 1. The second-order valence-corrected chi connectivity index (χ2v) is 8.05. The molecule has 0 N–H and O–H groups in total. The average Bonchev–Trinajstić information content (AvgIpc) is 2.36. The lowest BCUT2D eigenvalue weighted by Crippen LogP contribution is -2.09. The van der Waals surface area contributed by atoms with Crippen LogP contribution in [0.15, 0.2) is 33.5 Å². The third-order valence-corrected chi connectivity index (χ3v) is 2.77. The molecular weight excluding hydrogens is 393 g/mol. The summed E-state index contributed by atoms with van der Waals surface area (Å²) in [5.74, 6) is 0.0265. The molecule has 0 radical (unpaired) electrons. The monoisotopic (exact) mass is 415 g/mol. The third-order valence-electron chi connectivity index (χ3n) is 2.77. The molecule has 0 aliphatic rings. The summed E-state index contributed by atoms with van der Waals surface area (Å²) in [5.41, 5.74) is 1.77. The van der Waals surface area contributed by atoms with Crippen LogP contribution in [0.5, 0.6) is 0 Å². The van der Waals surface area contributed by atoms with Gasteiger partial charge in [-0.3, -0.25) is 4.79 Å². The van der Waals surface area contributed by atoms with Crippen molar-refractivity contribution in [1.29, 1.82) is 0 Å². The van der Waals surface area contributed by atoms with Crippen LogP contribution in [0.1, 0.15) is 26.3 Å². The number of ketones is 1. The van der Waals surface area contributed by atoms with Crippen molar-refractivity contribution in [2.75, 3.05) is 19.0 Å². The molecule has 4 nitrogen and oxygen atoms in total. The molecule has 0 saturated carbocycles. The topological polar surface area (TPSA) is 50.5 Å². The summed E-state index contributed by atoms with van der Waals surface area (Å²) in [6, 6.07) is 7.01. The Morgan fingerprint density at radius 2 is 1.86 bits per heavy atom. The van der Waals surface area contributed by atoms with Gasteiger partial charge in [0.1, 0.15) is 11.4 Å². The molecule has 22 heavy (non-hydrogen) atoms. The largest absolute Gasteiger partial charge is 0.423 e. The van der Waals surface area contributed by atoms with Crippen molar-refractivity contribution in [3.8, 4) is 0 Å². The van der Waals surface area contributed by atoms with E-state index in [1.807, 2.05) is 31.1 Å². The SMILES string of the molecule is CC(=O)Cc1cc(=O)oc2cc(N(C)C)ccc12.CC(C)I. The first-order valence-electron chi connectivity index (χ1n) is 7.08. The van der Waals surface area contributed by atoms with Crippen LogP contribution in [-0.2, 0) is 11.2 Å². The van der Waals surface area contributed by atoms with Gasteiger partial charge >= 0.3 is 5.63 Å². The van der Waals surface area contributed by atoms with Gasteiger partial charge in [0.15, 0.2) is 0 Å². The van der Waals surface area contributed by atoms with E-state index in [1.165, 1.54) is 13.0 Å². The number of nitrogens with zero attached hydrogens (tertiary/aromatic N) is 1. The lowest BCUT2D eigenvalue weighted by atomic mass is 10.0. The molecule has 0 spiro atoms. The van der Waals surface area contributed by atoms with Crippen molar-refractivity contribution in [2.24, 2.45) is 0 Å². The van der Waals surface area contributed by atoms with Crippen LogP contribution in [0.2, 0.25) is 0 Å². The maximum Gasteiger partial charge on any atom is 0.336 e. The Kier molecular flexibility index (Phi) is 7.06. The fraction of sp³-hybridized carbons (Fsp3) is 0.412. The van der Waals surface area contributed by atoms with Crippen LogP contribution in [0, 0.1) is 0 Å². The molecule has 0 unspecified atom stereocenters. The number of benzene rings is 1. The number of Topliss-reactive ketones (excluding diaryl/α,β-unsaturated/α-hetero) is 1. The van der Waals surface area contributed by atoms with Gasteiger partial charge in [0.2, 0.25) is 0 Å². The minimum absolute atomic E-state index is 0.0265. The molecule has 0 fully saturated rings. The summed E-state index contributed by atoms with van der Waals surface area (Å²) in [5, 5.41) is 0.815. The molecule has 0 amide bonds. The van der Waals surface area contributed by atoms with Crippen LogP contribution in [-0.4, -0.2) is 23.8 Å². The smallest absolute Gasteiger partial charge is 0.336 e. The fourth-order valence-electron chi connectivity index (χ4n) is 1.91. The van der Waals surface area contributed by atoms with Crippen molar-refractivity contribution in [3.63, 3.8) is 0 Å². The van der Waals surface area contributed by atoms with Crippen LogP contribution in [0.4, 0.5) is 5.69 Å². The van der Waals surface area contributed by atoms with Gasteiger partial charge in [0.25, 0.3) is 0 Å². The number of carbonyl (C=O) groups excluding carboxylic acids is 1. The van der Waals surface area contributed by atoms with Gasteiger partial charge in [-0.1, -0.05) is 36.4 Å². The Morgan fingerprint density at radius 3 is 2.36 bits per heavy atom. The fourth-order valence-corrected chi connectivity index (χ4v) is 1.91. The van der Waals surface area contributed by atoms with Crippen LogP contribution in [0.25, 0.3) is 11.0 Å². The zero-order valence-electron chi connectivity index (χ0n) is 13.6. The predicted molar refractivity (Wildman–Crippen MR) is 100 cm³/mol. The van der Waals surface area contributed by atoms with Crippen molar-refractivity contribution in [2.45, 2.75) is 31.1 Å². The molecule has 0 aliphatic carbocycles. The minimum atomic E-state index is -0.422. The number of hydrogen-bond donors (Lipinski definition) is 0. The van der Waals surface area contributed by atoms with Crippen LogP contribution in [0.3, 0.4) is 0 Å². The zero-order valence-corrected chi connectivity index (χ0v) is 15.8. The molecule has 120 valence electrons. The van der Waals surface area contributed by atoms with Crippen molar-refractivity contribution in [1.82, 2.24) is 0 Å². The van der Waals surface area contributed by atoms with Crippen LogP contribution >= 0.6 is 22.6 Å². The highest BCUT2D eigenvalue weighted by Gasteiger charge is 2.08. The molecule has 5 heteroatoms. The van der Waals surface area contributed by atoms with Gasteiger partial charge in [0, 0.05) is 47.6 Å². The van der Waals surface area contributed by atoms with E-state index in [1.54, 1.807) is 6.07 Å². The van der Waals surface area contributed by atoms with E-state index < -0.39 is 5.63 Å². The van der Waals surface area contributed by atoms with Crippen molar-refractivity contribution < 1.29 is 9.21 Å². The highest BCUT2D eigenvalue weighted by atomic mass is 127. The third kappa shape index (κ3) is 5.79. The Bertz CT molecular complexity index is 702. The minimum Gasteiger partial charge on any atom is -0.423 e. The number of rotatable bonds is 3. The quantitative estimate of drug-likeness (QED) is 0.435. The summed E-state index contributed by atoms with van der Waals surface area (Å²) in [7, 11) is 3.83. The van der Waals surface area contributed by atoms with Crippen LogP contribution < -0.4 is 10.5 Å². The number of alkyl halides is 1. The maximum atomic E-state index is 11.5. The predicted octanol–water partition coefficient (Wildman–Crippen LogP) is 3.82. The Morgan fingerprint density at radius 1 is 1.27 bits per heavy atom. The molecule has 0 bridgehead atoms. The maximum absolute atomic E-state index is 11.5. The van der Waals surface area contributed by atoms with Gasteiger partial charge in [0.05, 0.1) is 0 Å². The first-order chi connectivity index (χ1) is 10.2. The summed E-state index contributed by atoms with van der Waals surface area (Å²) in [6.07, 6.45) is 0.253. The Labute approximate surface area is 144 Å². The summed E-state index contributed by atoms with van der Waals surface area (Å²) in [6.45, 7) is 5.82. The second-order valence-electron chi connectivity index (χ2n) is 5.56. The van der Waals surface area contributed by atoms with Gasteiger partial charge in [-0.25, -0.2) is 4.79 Å². The van der Waals surface area contributed by atoms with Crippen molar-refractivity contribution >= 4 is 45.0 Å². The van der Waals surface area contributed by atoms with Gasteiger partial charge in [-0.05, 0) is 24.6 Å². The highest BCUT2D eigenvalue weighted by Crippen LogP contribution is 2.23. The summed E-state index contributed by atoms with van der Waals surface area (Å²) < 4.78 is 5.98. The highest BCUT2D eigenvalue weighted by molar-refractivity contribution is 14.1. The number of carbonyl (C=O) groups is 1. The normalized spacial score (nSPS) is 10.3. The number of hydrogen-bond acceptors (Lipinski definition) is 4. The molecule has 2 aromatic rings. The van der Waals surface area contributed by atoms with E-state index in [9.17, 15) is 9.59 Å². The summed E-state index contributed by atoms with van der Waals surface area (Å²) in [4.78, 5) is 24.6. The standard InChI is InChI=1S/C14H15NO3.C3H7I/c1-9(16)6-10-7-14(17)18-13-8-11(15(2)3)4-5-12(10)13;1-3(2)4/h4-5,7-8H,6H2,1-3H3;3H,1-2H3. The van der Waals surface area contributed by atoms with E-state index in [2.05, 4.69) is 36.4 Å². The van der Waals surface area contributed by atoms with Gasteiger partial charge in [-0.15, -0.1) is 0 Å². The van der Waals surface area contributed by atoms with E-state index in [0.29, 0.717) is 5.58 Å².